The normalized spacial score (nSPS) is 20.4. The number of hydrogen-bond acceptors (Lipinski definition) is 4. The van der Waals surface area contributed by atoms with E-state index >= 15 is 0 Å². The fourth-order valence-corrected chi connectivity index (χ4v) is 2.88. The van der Waals surface area contributed by atoms with E-state index in [1.165, 1.54) is 18.7 Å². The van der Waals surface area contributed by atoms with Crippen molar-refractivity contribution >= 4 is 0 Å². The lowest BCUT2D eigenvalue weighted by atomic mass is 10.1. The molecule has 0 amide bonds. The highest BCUT2D eigenvalue weighted by atomic mass is 16.6. The van der Waals surface area contributed by atoms with Crippen LogP contribution in [0.2, 0.25) is 0 Å². The number of piperazine rings is 1. The zero-order valence-electron chi connectivity index (χ0n) is 12.5. The predicted molar refractivity (Wildman–Crippen MR) is 79.4 cm³/mol. The van der Waals surface area contributed by atoms with Crippen LogP contribution in [0.5, 0.6) is 11.5 Å². The predicted octanol–water partition coefficient (Wildman–Crippen LogP) is 1.98. The number of rotatable bonds is 3. The summed E-state index contributed by atoms with van der Waals surface area (Å²) in [4.78, 5) is 5.06. The molecule has 4 heteroatoms. The Balaban J connectivity index is 1.59. The lowest BCUT2D eigenvalue weighted by Gasteiger charge is -2.37. The lowest BCUT2D eigenvalue weighted by Crippen LogP contribution is -2.48. The summed E-state index contributed by atoms with van der Waals surface area (Å²) in [5.41, 5.74) is 1.31. The van der Waals surface area contributed by atoms with E-state index in [0.29, 0.717) is 19.3 Å². The Labute approximate surface area is 121 Å². The van der Waals surface area contributed by atoms with Crippen LogP contribution in [-0.4, -0.2) is 55.2 Å². The molecular weight excluding hydrogens is 252 g/mol. The highest BCUT2D eigenvalue weighted by Gasteiger charge is 2.19. The van der Waals surface area contributed by atoms with Gasteiger partial charge < -0.3 is 9.47 Å². The molecule has 0 atom stereocenters. The Hall–Kier alpha value is -1.26. The number of ether oxygens (including phenoxy) is 2. The van der Waals surface area contributed by atoms with Gasteiger partial charge in [0.15, 0.2) is 11.5 Å². The first-order chi connectivity index (χ1) is 9.72. The summed E-state index contributed by atoms with van der Waals surface area (Å²) >= 11 is 0. The van der Waals surface area contributed by atoms with Gasteiger partial charge in [0.2, 0.25) is 0 Å². The van der Waals surface area contributed by atoms with Crippen molar-refractivity contribution in [2.45, 2.75) is 26.4 Å². The molecule has 0 N–H and O–H groups in total. The first kappa shape index (κ1) is 13.7. The van der Waals surface area contributed by atoms with Crippen molar-refractivity contribution in [1.29, 1.82) is 0 Å². The van der Waals surface area contributed by atoms with Crippen molar-refractivity contribution in [3.05, 3.63) is 23.8 Å². The third kappa shape index (κ3) is 3.07. The average Bonchev–Trinajstić information content (AvgIpc) is 2.48. The number of nitrogens with zero attached hydrogens (tertiary/aromatic N) is 2. The maximum atomic E-state index is 5.65. The van der Waals surface area contributed by atoms with Gasteiger partial charge in [-0.1, -0.05) is 6.07 Å². The van der Waals surface area contributed by atoms with Gasteiger partial charge in [-0.25, -0.2) is 0 Å². The molecule has 2 heterocycles. The van der Waals surface area contributed by atoms with Crippen molar-refractivity contribution in [2.24, 2.45) is 0 Å². The second-order valence-electron chi connectivity index (χ2n) is 5.88. The van der Waals surface area contributed by atoms with Gasteiger partial charge in [-0.3, -0.25) is 9.80 Å². The molecule has 20 heavy (non-hydrogen) atoms. The van der Waals surface area contributed by atoms with Gasteiger partial charge in [-0.05, 0) is 31.5 Å². The van der Waals surface area contributed by atoms with Crippen LogP contribution in [0, 0.1) is 0 Å². The Kier molecular flexibility index (Phi) is 4.13. The number of hydrogen-bond donors (Lipinski definition) is 0. The smallest absolute Gasteiger partial charge is 0.161 e. The van der Waals surface area contributed by atoms with Crippen LogP contribution in [0.3, 0.4) is 0 Å². The van der Waals surface area contributed by atoms with Gasteiger partial charge in [0.1, 0.15) is 13.2 Å². The van der Waals surface area contributed by atoms with E-state index < -0.39 is 0 Å². The van der Waals surface area contributed by atoms with Crippen LogP contribution in [0.15, 0.2) is 18.2 Å². The largest absolute Gasteiger partial charge is 0.486 e. The van der Waals surface area contributed by atoms with Crippen LogP contribution in [0.1, 0.15) is 19.4 Å². The van der Waals surface area contributed by atoms with Crippen LogP contribution >= 0.6 is 0 Å². The summed E-state index contributed by atoms with van der Waals surface area (Å²) < 4.78 is 11.2. The van der Waals surface area contributed by atoms with Crippen molar-refractivity contribution in [3.63, 3.8) is 0 Å². The molecule has 4 nitrogen and oxygen atoms in total. The Bertz CT molecular complexity index is 454. The Morgan fingerprint density at radius 1 is 1.00 bits per heavy atom. The second-order valence-corrected chi connectivity index (χ2v) is 5.88. The van der Waals surface area contributed by atoms with E-state index in [0.717, 1.165) is 31.1 Å². The third-order valence-corrected chi connectivity index (χ3v) is 4.15. The minimum atomic E-state index is 0.656. The molecule has 0 aromatic heterocycles. The molecule has 1 aromatic carbocycles. The van der Waals surface area contributed by atoms with E-state index in [1.54, 1.807) is 0 Å². The quantitative estimate of drug-likeness (QED) is 0.843. The van der Waals surface area contributed by atoms with Crippen LogP contribution in [0.4, 0.5) is 0 Å². The zero-order chi connectivity index (χ0) is 13.9. The third-order valence-electron chi connectivity index (χ3n) is 4.15. The van der Waals surface area contributed by atoms with Gasteiger partial charge in [0.05, 0.1) is 0 Å². The molecule has 2 aliphatic rings. The monoisotopic (exact) mass is 276 g/mol. The summed E-state index contributed by atoms with van der Waals surface area (Å²) in [5, 5.41) is 0. The molecule has 0 unspecified atom stereocenters. The number of benzene rings is 1. The first-order valence-corrected chi connectivity index (χ1v) is 7.57. The van der Waals surface area contributed by atoms with Crippen molar-refractivity contribution < 1.29 is 9.47 Å². The van der Waals surface area contributed by atoms with Gasteiger partial charge in [-0.15, -0.1) is 0 Å². The maximum absolute atomic E-state index is 5.65. The second kappa shape index (κ2) is 6.02. The summed E-state index contributed by atoms with van der Waals surface area (Å²) in [5.74, 6) is 1.78. The zero-order valence-corrected chi connectivity index (χ0v) is 12.5. The Morgan fingerprint density at radius 2 is 1.70 bits per heavy atom. The fraction of sp³-hybridized carbons (Fsp3) is 0.625. The van der Waals surface area contributed by atoms with Gasteiger partial charge in [0.25, 0.3) is 0 Å². The summed E-state index contributed by atoms with van der Waals surface area (Å²) in [6.07, 6.45) is 0. The molecule has 1 aromatic rings. The molecule has 0 spiro atoms. The van der Waals surface area contributed by atoms with Crippen molar-refractivity contribution in [1.82, 2.24) is 9.80 Å². The standard InChI is InChI=1S/C16H24N2O2/c1-13(2)18-7-5-17(6-8-18)12-14-3-4-15-16(11-14)20-10-9-19-15/h3-4,11,13H,5-10,12H2,1-2H3. The van der Waals surface area contributed by atoms with Crippen molar-refractivity contribution in [3.8, 4) is 11.5 Å². The minimum Gasteiger partial charge on any atom is -0.486 e. The van der Waals surface area contributed by atoms with Crippen molar-refractivity contribution in [2.75, 3.05) is 39.4 Å². The molecule has 1 fully saturated rings. The van der Waals surface area contributed by atoms with Gasteiger partial charge >= 0.3 is 0 Å². The molecule has 1 saturated heterocycles. The van der Waals surface area contributed by atoms with E-state index in [-0.39, 0.29) is 0 Å². The molecule has 2 aliphatic heterocycles. The SMILES string of the molecule is CC(C)N1CCN(Cc2ccc3c(c2)OCCO3)CC1. The average molecular weight is 276 g/mol. The van der Waals surface area contributed by atoms with Gasteiger partial charge in [0, 0.05) is 38.8 Å². The summed E-state index contributed by atoms with van der Waals surface area (Å²) in [6, 6.07) is 6.98. The minimum absolute atomic E-state index is 0.656. The van der Waals surface area contributed by atoms with Crippen LogP contribution < -0.4 is 9.47 Å². The summed E-state index contributed by atoms with van der Waals surface area (Å²) in [6.45, 7) is 11.5. The highest BCUT2D eigenvalue weighted by Crippen LogP contribution is 2.31. The summed E-state index contributed by atoms with van der Waals surface area (Å²) in [7, 11) is 0. The molecule has 3 rings (SSSR count). The van der Waals surface area contributed by atoms with Gasteiger partial charge in [-0.2, -0.15) is 0 Å². The molecule has 0 bridgehead atoms. The molecule has 0 aliphatic carbocycles. The van der Waals surface area contributed by atoms with Crippen LogP contribution in [0.25, 0.3) is 0 Å². The highest BCUT2D eigenvalue weighted by molar-refractivity contribution is 5.43. The van der Waals surface area contributed by atoms with E-state index in [9.17, 15) is 0 Å². The lowest BCUT2D eigenvalue weighted by molar-refractivity contribution is 0.104. The number of fused-ring (bicyclic) bond motifs is 1. The molecule has 110 valence electrons. The van der Waals surface area contributed by atoms with E-state index in [2.05, 4.69) is 35.8 Å². The fourth-order valence-electron chi connectivity index (χ4n) is 2.88. The maximum Gasteiger partial charge on any atom is 0.161 e. The van der Waals surface area contributed by atoms with Crippen LogP contribution in [-0.2, 0) is 6.54 Å². The Morgan fingerprint density at radius 3 is 2.40 bits per heavy atom. The molecular formula is C16H24N2O2. The topological polar surface area (TPSA) is 24.9 Å². The van der Waals surface area contributed by atoms with E-state index in [1.807, 2.05) is 6.07 Å². The molecule has 0 radical (unpaired) electrons. The molecule has 0 saturated carbocycles. The first-order valence-electron chi connectivity index (χ1n) is 7.57. The van der Waals surface area contributed by atoms with E-state index in [4.69, 9.17) is 9.47 Å².